The Labute approximate surface area is 98.4 Å². The Kier molecular flexibility index (Phi) is 2.97. The molecule has 1 amide bonds. The summed E-state index contributed by atoms with van der Waals surface area (Å²) in [6.45, 7) is 0.195. The Bertz CT molecular complexity index is 561. The number of aryl methyl sites for hydroxylation is 1. The molecule has 0 fully saturated rings. The van der Waals surface area contributed by atoms with Crippen LogP contribution in [0.25, 0.3) is 11.5 Å². The van der Waals surface area contributed by atoms with Crippen LogP contribution >= 0.6 is 0 Å². The van der Waals surface area contributed by atoms with Gasteiger partial charge in [-0.2, -0.15) is 5.10 Å². The first-order chi connectivity index (χ1) is 8.22. The minimum Gasteiger partial charge on any atom is -0.463 e. The summed E-state index contributed by atoms with van der Waals surface area (Å²) in [5.74, 6) is 2.71. The Morgan fingerprint density at radius 2 is 2.53 bits per heavy atom. The third-order valence-electron chi connectivity index (χ3n) is 2.24. The zero-order chi connectivity index (χ0) is 12.3. The van der Waals surface area contributed by atoms with Gasteiger partial charge in [0.25, 0.3) is 5.91 Å². The summed E-state index contributed by atoms with van der Waals surface area (Å²) in [7, 11) is 1.69. The van der Waals surface area contributed by atoms with E-state index in [1.165, 1.54) is 4.68 Å². The second-order valence-electron chi connectivity index (χ2n) is 3.40. The lowest BCUT2D eigenvalue weighted by molar-refractivity contribution is 0.0949. The molecule has 5 nitrogen and oxygen atoms in total. The molecule has 2 aromatic rings. The number of nitrogens with one attached hydrogen (secondary N) is 1. The molecule has 0 atom stereocenters. The molecule has 2 aromatic heterocycles. The largest absolute Gasteiger partial charge is 0.463 e. The quantitative estimate of drug-likeness (QED) is 0.800. The van der Waals surface area contributed by atoms with Gasteiger partial charge in [-0.15, -0.1) is 6.42 Å². The van der Waals surface area contributed by atoms with Crippen molar-refractivity contribution in [3.63, 3.8) is 0 Å². The summed E-state index contributed by atoms with van der Waals surface area (Å²) in [6, 6.07) is 5.21. The molecule has 0 bridgehead atoms. The van der Waals surface area contributed by atoms with Crippen molar-refractivity contribution in [2.24, 2.45) is 7.05 Å². The van der Waals surface area contributed by atoms with Crippen molar-refractivity contribution >= 4 is 5.91 Å². The van der Waals surface area contributed by atoms with Crippen LogP contribution in [0.1, 0.15) is 10.5 Å². The van der Waals surface area contributed by atoms with Crippen LogP contribution in [0.2, 0.25) is 0 Å². The number of terminal acetylenes is 1. The Morgan fingerprint density at radius 1 is 1.71 bits per heavy atom. The molecular formula is C12H11N3O2. The molecule has 0 saturated carbocycles. The average Bonchev–Trinajstić information content (AvgIpc) is 2.94. The van der Waals surface area contributed by atoms with Crippen LogP contribution in [0.5, 0.6) is 0 Å². The van der Waals surface area contributed by atoms with Crippen molar-refractivity contribution in [1.29, 1.82) is 0 Å². The molecule has 0 aliphatic heterocycles. The lowest BCUT2D eigenvalue weighted by Gasteiger charge is -2.00. The minimum absolute atomic E-state index is 0.195. The van der Waals surface area contributed by atoms with Crippen LogP contribution in [-0.4, -0.2) is 22.2 Å². The van der Waals surface area contributed by atoms with Crippen molar-refractivity contribution in [1.82, 2.24) is 15.1 Å². The SMILES string of the molecule is C#CCNC(=O)c1cc(-c2ccco2)nn1C. The monoisotopic (exact) mass is 229 g/mol. The van der Waals surface area contributed by atoms with Gasteiger partial charge in [-0.3, -0.25) is 9.48 Å². The maximum Gasteiger partial charge on any atom is 0.270 e. The highest BCUT2D eigenvalue weighted by atomic mass is 16.3. The number of carbonyl (C=O) groups is 1. The Balaban J connectivity index is 2.26. The molecule has 0 aliphatic carbocycles. The Hall–Kier alpha value is -2.48. The third-order valence-corrected chi connectivity index (χ3v) is 2.24. The maximum absolute atomic E-state index is 11.7. The lowest BCUT2D eigenvalue weighted by atomic mass is 10.3. The predicted molar refractivity (Wildman–Crippen MR) is 62.1 cm³/mol. The van der Waals surface area contributed by atoms with Gasteiger partial charge in [0.1, 0.15) is 11.4 Å². The first kappa shape index (κ1) is 11.0. The molecule has 5 heteroatoms. The van der Waals surface area contributed by atoms with Gasteiger partial charge in [0.2, 0.25) is 0 Å². The smallest absolute Gasteiger partial charge is 0.270 e. The number of carbonyl (C=O) groups excluding carboxylic acids is 1. The summed E-state index contributed by atoms with van der Waals surface area (Å²) >= 11 is 0. The summed E-state index contributed by atoms with van der Waals surface area (Å²) in [6.07, 6.45) is 6.63. The molecule has 17 heavy (non-hydrogen) atoms. The first-order valence-electron chi connectivity index (χ1n) is 5.02. The van der Waals surface area contributed by atoms with Gasteiger partial charge in [0, 0.05) is 13.1 Å². The molecule has 0 unspecified atom stereocenters. The number of amides is 1. The number of hydrogen-bond donors (Lipinski definition) is 1. The van der Waals surface area contributed by atoms with Crippen LogP contribution in [0.15, 0.2) is 28.9 Å². The van der Waals surface area contributed by atoms with E-state index in [-0.39, 0.29) is 12.5 Å². The molecule has 86 valence electrons. The second kappa shape index (κ2) is 4.58. The summed E-state index contributed by atoms with van der Waals surface area (Å²) < 4.78 is 6.70. The van der Waals surface area contributed by atoms with Gasteiger partial charge >= 0.3 is 0 Å². The van der Waals surface area contributed by atoms with Crippen LogP contribution < -0.4 is 5.32 Å². The average molecular weight is 229 g/mol. The van der Waals surface area contributed by atoms with Crippen LogP contribution in [0.3, 0.4) is 0 Å². The molecule has 2 heterocycles. The van der Waals surface area contributed by atoms with Crippen LogP contribution in [-0.2, 0) is 7.05 Å². The maximum atomic E-state index is 11.7. The Morgan fingerprint density at radius 3 is 3.18 bits per heavy atom. The van der Waals surface area contributed by atoms with Crippen LogP contribution in [0.4, 0.5) is 0 Å². The number of rotatable bonds is 3. The van der Waals surface area contributed by atoms with Gasteiger partial charge in [0.15, 0.2) is 5.76 Å². The zero-order valence-electron chi connectivity index (χ0n) is 9.30. The van der Waals surface area contributed by atoms with E-state index in [0.717, 1.165) is 0 Å². The number of furan rings is 1. The minimum atomic E-state index is -0.254. The highest BCUT2D eigenvalue weighted by molar-refractivity contribution is 5.93. The van der Waals surface area contributed by atoms with E-state index >= 15 is 0 Å². The molecule has 0 saturated heterocycles. The van der Waals surface area contributed by atoms with Crippen molar-refractivity contribution in [2.45, 2.75) is 0 Å². The highest BCUT2D eigenvalue weighted by Crippen LogP contribution is 2.18. The van der Waals surface area contributed by atoms with E-state index in [9.17, 15) is 4.79 Å². The van der Waals surface area contributed by atoms with E-state index in [4.69, 9.17) is 10.8 Å². The standard InChI is InChI=1S/C12H11N3O2/c1-3-6-13-12(16)10-8-9(14-15(10)2)11-5-4-7-17-11/h1,4-5,7-8H,6H2,2H3,(H,13,16). The van der Waals surface area contributed by atoms with Crippen molar-refractivity contribution < 1.29 is 9.21 Å². The third kappa shape index (κ3) is 2.21. The fourth-order valence-corrected chi connectivity index (χ4v) is 1.45. The summed E-state index contributed by atoms with van der Waals surface area (Å²) in [5, 5.41) is 6.77. The normalized spacial score (nSPS) is 9.88. The predicted octanol–water partition coefficient (Wildman–Crippen LogP) is 1.04. The number of aromatic nitrogens is 2. The fourth-order valence-electron chi connectivity index (χ4n) is 1.45. The molecule has 2 rings (SSSR count). The van der Waals surface area contributed by atoms with E-state index in [0.29, 0.717) is 17.1 Å². The highest BCUT2D eigenvalue weighted by Gasteiger charge is 2.14. The number of hydrogen-bond acceptors (Lipinski definition) is 3. The van der Waals surface area contributed by atoms with Crippen LogP contribution in [0, 0.1) is 12.3 Å². The van der Waals surface area contributed by atoms with Gasteiger partial charge in [0.05, 0.1) is 12.8 Å². The first-order valence-corrected chi connectivity index (χ1v) is 5.02. The summed E-state index contributed by atoms with van der Waals surface area (Å²) in [4.78, 5) is 11.7. The van der Waals surface area contributed by atoms with E-state index < -0.39 is 0 Å². The van der Waals surface area contributed by atoms with Gasteiger partial charge < -0.3 is 9.73 Å². The van der Waals surface area contributed by atoms with Gasteiger partial charge in [-0.1, -0.05) is 5.92 Å². The number of nitrogens with zero attached hydrogens (tertiary/aromatic N) is 2. The second-order valence-corrected chi connectivity index (χ2v) is 3.40. The van der Waals surface area contributed by atoms with Gasteiger partial charge in [-0.25, -0.2) is 0 Å². The zero-order valence-corrected chi connectivity index (χ0v) is 9.30. The molecule has 0 aliphatic rings. The van der Waals surface area contributed by atoms with E-state index in [1.807, 2.05) is 0 Å². The molecular weight excluding hydrogens is 218 g/mol. The van der Waals surface area contributed by atoms with E-state index in [1.54, 1.807) is 31.5 Å². The van der Waals surface area contributed by atoms with Crippen molar-refractivity contribution in [2.75, 3.05) is 6.54 Å². The molecule has 0 radical (unpaired) electrons. The summed E-state index contributed by atoms with van der Waals surface area (Å²) in [5.41, 5.74) is 1.05. The van der Waals surface area contributed by atoms with E-state index in [2.05, 4.69) is 16.3 Å². The van der Waals surface area contributed by atoms with Crippen molar-refractivity contribution in [3.05, 3.63) is 30.2 Å². The molecule has 0 spiro atoms. The van der Waals surface area contributed by atoms with Crippen molar-refractivity contribution in [3.8, 4) is 23.8 Å². The lowest BCUT2D eigenvalue weighted by Crippen LogP contribution is -2.25. The molecule has 1 N–H and O–H groups in total. The van der Waals surface area contributed by atoms with Gasteiger partial charge in [-0.05, 0) is 12.1 Å². The topological polar surface area (TPSA) is 60.1 Å². The fraction of sp³-hybridized carbons (Fsp3) is 0.167. The molecule has 0 aromatic carbocycles.